The molecule has 0 spiro atoms. The van der Waals surface area contributed by atoms with Crippen LogP contribution in [0.3, 0.4) is 0 Å². The van der Waals surface area contributed by atoms with E-state index in [1.54, 1.807) is 26.0 Å². The predicted octanol–water partition coefficient (Wildman–Crippen LogP) is 2.18. The van der Waals surface area contributed by atoms with Gasteiger partial charge in [-0.1, -0.05) is 17.8 Å². The number of benzene rings is 1. The van der Waals surface area contributed by atoms with Crippen molar-refractivity contribution in [2.75, 3.05) is 27.0 Å². The molecule has 2 N–H and O–H groups in total. The van der Waals surface area contributed by atoms with E-state index in [-0.39, 0.29) is 6.04 Å². The number of aromatic nitrogens is 3. The number of methoxy groups -OCH3 is 2. The van der Waals surface area contributed by atoms with Crippen molar-refractivity contribution in [3.63, 3.8) is 0 Å². The number of ether oxygens (including phenoxy) is 2. The first-order chi connectivity index (χ1) is 10.2. The summed E-state index contributed by atoms with van der Waals surface area (Å²) in [7, 11) is 5.21. The molecule has 21 heavy (non-hydrogen) atoms. The van der Waals surface area contributed by atoms with Gasteiger partial charge in [0.2, 0.25) is 5.16 Å². The van der Waals surface area contributed by atoms with Crippen LogP contribution in [0.2, 0.25) is 0 Å². The number of nitrogens with zero attached hydrogens (tertiary/aromatic N) is 2. The van der Waals surface area contributed by atoms with E-state index in [2.05, 4.69) is 20.5 Å². The minimum atomic E-state index is 0.175. The molecule has 1 unspecified atom stereocenters. The van der Waals surface area contributed by atoms with Crippen LogP contribution in [0.25, 0.3) is 0 Å². The number of hydrogen-bond acceptors (Lipinski definition) is 6. The van der Waals surface area contributed by atoms with E-state index in [1.807, 2.05) is 32.2 Å². The highest BCUT2D eigenvalue weighted by Gasteiger charge is 2.14. The van der Waals surface area contributed by atoms with Gasteiger partial charge in [-0.15, -0.1) is 5.10 Å². The Morgan fingerprint density at radius 2 is 2.05 bits per heavy atom. The van der Waals surface area contributed by atoms with Crippen molar-refractivity contribution in [2.45, 2.75) is 18.1 Å². The van der Waals surface area contributed by atoms with Gasteiger partial charge in [0.15, 0.2) is 11.5 Å². The van der Waals surface area contributed by atoms with Crippen LogP contribution in [-0.2, 0) is 0 Å². The van der Waals surface area contributed by atoms with Crippen molar-refractivity contribution in [1.29, 1.82) is 0 Å². The summed E-state index contributed by atoms with van der Waals surface area (Å²) in [5.74, 6) is 3.11. The second-order valence-electron chi connectivity index (χ2n) is 4.47. The average Bonchev–Trinajstić information content (AvgIpc) is 2.93. The van der Waals surface area contributed by atoms with Crippen LogP contribution in [0.15, 0.2) is 23.4 Å². The van der Waals surface area contributed by atoms with Crippen LogP contribution in [0.4, 0.5) is 0 Å². The molecule has 6 nitrogen and oxygen atoms in total. The molecule has 1 aromatic carbocycles. The first-order valence-corrected chi connectivity index (χ1v) is 7.57. The molecule has 0 aliphatic carbocycles. The zero-order valence-corrected chi connectivity index (χ0v) is 13.5. The second-order valence-corrected chi connectivity index (χ2v) is 5.46. The minimum Gasteiger partial charge on any atom is -0.493 e. The Hall–Kier alpha value is -1.73. The standard InChI is InChI=1S/C14H20N4O2S/c1-9-16-14(18-17-9)21-8-11(15-2)10-5-6-12(19-3)13(7-10)20-4/h5-7,11,15H,8H2,1-4H3,(H,16,17,18). The van der Waals surface area contributed by atoms with E-state index >= 15 is 0 Å². The van der Waals surface area contributed by atoms with Gasteiger partial charge in [-0.3, -0.25) is 5.10 Å². The molecule has 2 aromatic rings. The maximum absolute atomic E-state index is 5.35. The lowest BCUT2D eigenvalue weighted by Crippen LogP contribution is -2.18. The van der Waals surface area contributed by atoms with E-state index in [1.165, 1.54) is 0 Å². The van der Waals surface area contributed by atoms with E-state index < -0.39 is 0 Å². The lowest BCUT2D eigenvalue weighted by atomic mass is 10.1. The monoisotopic (exact) mass is 308 g/mol. The highest BCUT2D eigenvalue weighted by molar-refractivity contribution is 7.99. The van der Waals surface area contributed by atoms with Crippen molar-refractivity contribution in [1.82, 2.24) is 20.5 Å². The van der Waals surface area contributed by atoms with Crippen molar-refractivity contribution >= 4 is 11.8 Å². The van der Waals surface area contributed by atoms with Gasteiger partial charge in [-0.2, -0.15) is 0 Å². The highest BCUT2D eigenvalue weighted by Crippen LogP contribution is 2.31. The topological polar surface area (TPSA) is 72.1 Å². The summed E-state index contributed by atoms with van der Waals surface area (Å²) in [5.41, 5.74) is 1.13. The molecule has 7 heteroatoms. The summed E-state index contributed by atoms with van der Waals surface area (Å²) >= 11 is 1.60. The van der Waals surface area contributed by atoms with Crippen LogP contribution >= 0.6 is 11.8 Å². The Kier molecular flexibility index (Phi) is 5.46. The highest BCUT2D eigenvalue weighted by atomic mass is 32.2. The third kappa shape index (κ3) is 3.89. The maximum Gasteiger partial charge on any atom is 0.208 e. The molecule has 0 aliphatic rings. The molecular weight excluding hydrogens is 288 g/mol. The Morgan fingerprint density at radius 1 is 1.29 bits per heavy atom. The number of nitrogens with one attached hydrogen (secondary N) is 2. The summed E-state index contributed by atoms with van der Waals surface area (Å²) in [6, 6.07) is 6.12. The molecule has 0 amide bonds. The molecule has 0 saturated carbocycles. The molecular formula is C14H20N4O2S. The van der Waals surface area contributed by atoms with Gasteiger partial charge in [-0.25, -0.2) is 4.98 Å². The second kappa shape index (κ2) is 7.33. The molecule has 2 rings (SSSR count). The molecule has 0 saturated heterocycles. The maximum atomic E-state index is 5.35. The smallest absolute Gasteiger partial charge is 0.208 e. The third-order valence-electron chi connectivity index (χ3n) is 3.11. The summed E-state index contributed by atoms with van der Waals surface area (Å²) in [6.07, 6.45) is 0. The Bertz CT molecular complexity index is 588. The Balaban J connectivity index is 2.09. The fraction of sp³-hybridized carbons (Fsp3) is 0.429. The average molecular weight is 308 g/mol. The molecule has 0 radical (unpaired) electrons. The molecule has 1 aromatic heterocycles. The minimum absolute atomic E-state index is 0.175. The Labute approximate surface area is 128 Å². The van der Waals surface area contributed by atoms with Crippen molar-refractivity contribution < 1.29 is 9.47 Å². The van der Waals surface area contributed by atoms with Gasteiger partial charge < -0.3 is 14.8 Å². The number of H-pyrrole nitrogens is 1. The van der Waals surface area contributed by atoms with Crippen LogP contribution in [0.1, 0.15) is 17.4 Å². The van der Waals surface area contributed by atoms with Gasteiger partial charge in [0.25, 0.3) is 0 Å². The summed E-state index contributed by atoms with van der Waals surface area (Å²) in [5, 5.41) is 11.0. The number of aromatic amines is 1. The quantitative estimate of drug-likeness (QED) is 0.764. The van der Waals surface area contributed by atoms with Crippen molar-refractivity contribution in [3.8, 4) is 11.5 Å². The molecule has 0 fully saturated rings. The van der Waals surface area contributed by atoms with E-state index in [0.29, 0.717) is 0 Å². The Morgan fingerprint density at radius 3 is 2.62 bits per heavy atom. The van der Waals surface area contributed by atoms with E-state index in [4.69, 9.17) is 9.47 Å². The van der Waals surface area contributed by atoms with Gasteiger partial charge >= 0.3 is 0 Å². The summed E-state index contributed by atoms with van der Waals surface area (Å²) < 4.78 is 10.6. The number of rotatable bonds is 7. The molecule has 1 heterocycles. The van der Waals surface area contributed by atoms with E-state index in [0.717, 1.165) is 33.8 Å². The van der Waals surface area contributed by atoms with E-state index in [9.17, 15) is 0 Å². The third-order valence-corrected chi connectivity index (χ3v) is 4.05. The lowest BCUT2D eigenvalue weighted by molar-refractivity contribution is 0.354. The van der Waals surface area contributed by atoms with Gasteiger partial charge in [-0.05, 0) is 31.7 Å². The molecule has 0 aliphatic heterocycles. The van der Waals surface area contributed by atoms with Gasteiger partial charge in [0.05, 0.1) is 14.2 Å². The zero-order chi connectivity index (χ0) is 15.2. The largest absolute Gasteiger partial charge is 0.493 e. The fourth-order valence-electron chi connectivity index (χ4n) is 1.96. The van der Waals surface area contributed by atoms with Crippen LogP contribution < -0.4 is 14.8 Å². The van der Waals surface area contributed by atoms with Crippen molar-refractivity contribution in [3.05, 3.63) is 29.6 Å². The fourth-order valence-corrected chi connectivity index (χ4v) is 2.95. The molecule has 1 atom stereocenters. The van der Waals surface area contributed by atoms with Crippen molar-refractivity contribution in [2.24, 2.45) is 0 Å². The number of thioether (sulfide) groups is 1. The van der Waals surface area contributed by atoms with Crippen LogP contribution in [-0.4, -0.2) is 42.2 Å². The van der Waals surface area contributed by atoms with Gasteiger partial charge in [0, 0.05) is 11.8 Å². The summed E-state index contributed by atoms with van der Waals surface area (Å²) in [6.45, 7) is 1.89. The number of aryl methyl sites for hydroxylation is 1. The van der Waals surface area contributed by atoms with Crippen LogP contribution in [0.5, 0.6) is 11.5 Å². The molecule has 114 valence electrons. The van der Waals surface area contributed by atoms with Crippen LogP contribution in [0, 0.1) is 6.92 Å². The zero-order valence-electron chi connectivity index (χ0n) is 12.6. The number of hydrogen-bond donors (Lipinski definition) is 2. The van der Waals surface area contributed by atoms with Gasteiger partial charge in [0.1, 0.15) is 5.82 Å². The first kappa shape index (κ1) is 15.7. The first-order valence-electron chi connectivity index (χ1n) is 6.59. The molecule has 0 bridgehead atoms. The normalized spacial score (nSPS) is 12.2. The summed E-state index contributed by atoms with van der Waals surface area (Å²) in [4.78, 5) is 4.30. The SMILES string of the molecule is CNC(CSc1n[nH]c(C)n1)c1ccc(OC)c(OC)c1. The predicted molar refractivity (Wildman–Crippen MR) is 83.2 cm³/mol. The lowest BCUT2D eigenvalue weighted by Gasteiger charge is -2.17.